The Morgan fingerprint density at radius 3 is 2.57 bits per heavy atom. The van der Waals surface area contributed by atoms with E-state index in [1.807, 2.05) is 0 Å². The number of hydrogen-bond donors (Lipinski definition) is 3. The molecule has 0 aliphatic carbocycles. The quantitative estimate of drug-likeness (QED) is 0.633. The molecule has 0 atom stereocenters. The van der Waals surface area contributed by atoms with Gasteiger partial charge in [-0.05, 0) is 29.8 Å². The molecule has 0 unspecified atom stereocenters. The number of halogens is 2. The van der Waals surface area contributed by atoms with Gasteiger partial charge in [-0.3, -0.25) is 4.79 Å². The van der Waals surface area contributed by atoms with Gasteiger partial charge in [0, 0.05) is 11.6 Å². The van der Waals surface area contributed by atoms with Crippen molar-refractivity contribution in [2.75, 3.05) is 5.73 Å². The van der Waals surface area contributed by atoms with Crippen LogP contribution >= 0.6 is 0 Å². The number of anilines is 1. The summed E-state index contributed by atoms with van der Waals surface area (Å²) in [7, 11) is 0. The molecule has 0 spiro atoms. The summed E-state index contributed by atoms with van der Waals surface area (Å²) < 4.78 is 28.2. The van der Waals surface area contributed by atoms with E-state index in [4.69, 9.17) is 11.5 Å². The van der Waals surface area contributed by atoms with Crippen LogP contribution < -0.4 is 11.5 Å². The van der Waals surface area contributed by atoms with Crippen molar-refractivity contribution in [3.63, 3.8) is 0 Å². The zero-order valence-electron chi connectivity index (χ0n) is 10.8. The Kier molecular flexibility index (Phi) is 2.86. The molecule has 5 N–H and O–H groups in total. The molecule has 0 radical (unpaired) electrons. The van der Waals surface area contributed by atoms with Crippen LogP contribution in [0.2, 0.25) is 0 Å². The molecule has 3 aromatic rings. The van der Waals surface area contributed by atoms with E-state index >= 15 is 0 Å². The number of amides is 1. The average molecular weight is 287 g/mol. The zero-order valence-corrected chi connectivity index (χ0v) is 10.8. The highest BCUT2D eigenvalue weighted by molar-refractivity contribution is 6.09. The zero-order chi connectivity index (χ0) is 15.1. The third-order valence-corrected chi connectivity index (χ3v) is 3.38. The smallest absolute Gasteiger partial charge is 0.250 e. The number of nitrogens with one attached hydrogen (secondary N) is 1. The van der Waals surface area contributed by atoms with Gasteiger partial charge in [-0.1, -0.05) is 6.07 Å². The first-order chi connectivity index (χ1) is 10.0. The molecule has 0 saturated heterocycles. The van der Waals surface area contributed by atoms with Gasteiger partial charge in [0.1, 0.15) is 5.82 Å². The number of benzene rings is 2. The lowest BCUT2D eigenvalue weighted by Crippen LogP contribution is -2.11. The highest BCUT2D eigenvalue weighted by Gasteiger charge is 2.19. The fourth-order valence-electron chi connectivity index (χ4n) is 2.40. The highest BCUT2D eigenvalue weighted by Crippen LogP contribution is 2.35. The molecule has 0 saturated carbocycles. The lowest BCUT2D eigenvalue weighted by molar-refractivity contribution is 0.100. The van der Waals surface area contributed by atoms with Crippen molar-refractivity contribution >= 4 is 22.5 Å². The number of H-pyrrole nitrogens is 1. The molecular formula is C15H11F2N3O. The predicted molar refractivity (Wildman–Crippen MR) is 76.6 cm³/mol. The SMILES string of the molecule is NC(=O)c1ccc(-c2c(F)ccc(N)c2F)c2cc[nH]c12. The van der Waals surface area contributed by atoms with Crippen LogP contribution in [0.15, 0.2) is 36.5 Å². The van der Waals surface area contributed by atoms with Gasteiger partial charge in [0.05, 0.1) is 22.3 Å². The van der Waals surface area contributed by atoms with Crippen LogP contribution in [0.4, 0.5) is 14.5 Å². The second-order valence-corrected chi connectivity index (χ2v) is 4.62. The van der Waals surface area contributed by atoms with Gasteiger partial charge in [0.2, 0.25) is 0 Å². The molecule has 0 bridgehead atoms. The fraction of sp³-hybridized carbons (Fsp3) is 0. The summed E-state index contributed by atoms with van der Waals surface area (Å²) >= 11 is 0. The minimum Gasteiger partial charge on any atom is -0.396 e. The number of nitrogen functional groups attached to an aromatic ring is 1. The Bertz CT molecular complexity index is 871. The number of nitrogens with two attached hydrogens (primary N) is 2. The minimum absolute atomic E-state index is 0.144. The van der Waals surface area contributed by atoms with Gasteiger partial charge < -0.3 is 16.5 Å². The Morgan fingerprint density at radius 2 is 1.86 bits per heavy atom. The van der Waals surface area contributed by atoms with Crippen LogP contribution in [-0.4, -0.2) is 10.9 Å². The van der Waals surface area contributed by atoms with Crippen LogP contribution in [0.5, 0.6) is 0 Å². The van der Waals surface area contributed by atoms with E-state index in [1.54, 1.807) is 12.3 Å². The molecular weight excluding hydrogens is 276 g/mol. The van der Waals surface area contributed by atoms with Crippen molar-refractivity contribution in [1.82, 2.24) is 4.98 Å². The van der Waals surface area contributed by atoms with E-state index in [0.717, 1.165) is 6.07 Å². The van der Waals surface area contributed by atoms with Crippen molar-refractivity contribution in [2.24, 2.45) is 5.73 Å². The maximum Gasteiger partial charge on any atom is 0.250 e. The van der Waals surface area contributed by atoms with E-state index in [1.165, 1.54) is 18.2 Å². The summed E-state index contributed by atoms with van der Waals surface area (Å²) in [6, 6.07) is 6.78. The average Bonchev–Trinajstić information content (AvgIpc) is 2.92. The highest BCUT2D eigenvalue weighted by atomic mass is 19.1. The molecule has 1 aromatic heterocycles. The maximum absolute atomic E-state index is 14.2. The van der Waals surface area contributed by atoms with Gasteiger partial charge in [-0.25, -0.2) is 8.78 Å². The monoisotopic (exact) mass is 287 g/mol. The van der Waals surface area contributed by atoms with Crippen LogP contribution in [0.1, 0.15) is 10.4 Å². The third-order valence-electron chi connectivity index (χ3n) is 3.38. The van der Waals surface area contributed by atoms with Gasteiger partial charge in [-0.2, -0.15) is 0 Å². The number of aromatic amines is 1. The standard InChI is InChI=1S/C15H11F2N3O/c16-10-3-4-11(18)13(17)12(10)7-1-2-9(15(19)21)14-8(7)5-6-20-14/h1-6,20H,18H2,(H2,19,21). The Morgan fingerprint density at radius 1 is 1.10 bits per heavy atom. The molecule has 0 fully saturated rings. The van der Waals surface area contributed by atoms with Gasteiger partial charge >= 0.3 is 0 Å². The maximum atomic E-state index is 14.2. The van der Waals surface area contributed by atoms with E-state index in [9.17, 15) is 13.6 Å². The number of primary amides is 1. The first-order valence-corrected chi connectivity index (χ1v) is 6.14. The number of hydrogen-bond acceptors (Lipinski definition) is 2. The second kappa shape index (κ2) is 4.59. The van der Waals surface area contributed by atoms with Crippen molar-refractivity contribution < 1.29 is 13.6 Å². The largest absolute Gasteiger partial charge is 0.396 e. The molecule has 6 heteroatoms. The predicted octanol–water partition coefficient (Wildman–Crippen LogP) is 2.79. The first kappa shape index (κ1) is 13.1. The molecule has 1 amide bonds. The van der Waals surface area contributed by atoms with Gasteiger partial charge in [0.15, 0.2) is 5.82 Å². The van der Waals surface area contributed by atoms with E-state index in [0.29, 0.717) is 16.5 Å². The van der Waals surface area contributed by atoms with Crippen LogP contribution in [-0.2, 0) is 0 Å². The van der Waals surface area contributed by atoms with Crippen LogP contribution in [0, 0.1) is 11.6 Å². The summed E-state index contributed by atoms with van der Waals surface area (Å²) in [6.45, 7) is 0. The van der Waals surface area contributed by atoms with Crippen LogP contribution in [0.25, 0.3) is 22.0 Å². The fourth-order valence-corrected chi connectivity index (χ4v) is 2.40. The second-order valence-electron chi connectivity index (χ2n) is 4.62. The summed E-state index contributed by atoms with van der Waals surface area (Å²) in [6.07, 6.45) is 1.57. The molecule has 21 heavy (non-hydrogen) atoms. The summed E-state index contributed by atoms with van der Waals surface area (Å²) in [5.74, 6) is -2.18. The number of rotatable bonds is 2. The lowest BCUT2D eigenvalue weighted by Gasteiger charge is -2.10. The minimum atomic E-state index is -0.829. The Hall–Kier alpha value is -2.89. The van der Waals surface area contributed by atoms with Crippen molar-refractivity contribution in [2.45, 2.75) is 0 Å². The number of fused-ring (bicyclic) bond motifs is 1. The van der Waals surface area contributed by atoms with Crippen molar-refractivity contribution in [3.05, 3.63) is 53.7 Å². The number of carbonyl (C=O) groups excluding carboxylic acids is 1. The van der Waals surface area contributed by atoms with E-state index in [-0.39, 0.29) is 16.8 Å². The van der Waals surface area contributed by atoms with E-state index in [2.05, 4.69) is 4.98 Å². The Labute approximate surface area is 118 Å². The molecule has 0 aliphatic heterocycles. The topological polar surface area (TPSA) is 84.9 Å². The third kappa shape index (κ3) is 1.92. The summed E-state index contributed by atoms with van der Waals surface area (Å²) in [5, 5.41) is 0.495. The van der Waals surface area contributed by atoms with Gasteiger partial charge in [-0.15, -0.1) is 0 Å². The first-order valence-electron chi connectivity index (χ1n) is 6.14. The van der Waals surface area contributed by atoms with Crippen LogP contribution in [0.3, 0.4) is 0 Å². The molecule has 4 nitrogen and oxygen atoms in total. The number of carbonyl (C=O) groups is 1. The molecule has 106 valence electrons. The molecule has 2 aromatic carbocycles. The van der Waals surface area contributed by atoms with E-state index < -0.39 is 17.5 Å². The van der Waals surface area contributed by atoms with Gasteiger partial charge in [0.25, 0.3) is 5.91 Å². The Balaban J connectivity index is 2.38. The molecule has 3 rings (SSSR count). The molecule has 0 aliphatic rings. The molecule has 1 heterocycles. The van der Waals surface area contributed by atoms with Crippen molar-refractivity contribution in [3.8, 4) is 11.1 Å². The summed E-state index contributed by atoms with van der Waals surface area (Å²) in [4.78, 5) is 14.2. The van der Waals surface area contributed by atoms with Crippen molar-refractivity contribution in [1.29, 1.82) is 0 Å². The lowest BCUT2D eigenvalue weighted by atomic mass is 9.97. The summed E-state index contributed by atoms with van der Waals surface area (Å²) in [5.41, 5.74) is 11.4. The normalized spacial score (nSPS) is 11.0. The number of aromatic nitrogens is 1.